The zero-order valence-electron chi connectivity index (χ0n) is 10.9. The number of H-pyrrole nitrogens is 1. The number of anilines is 1. The number of carbonyl (C=O) groups is 1. The lowest BCUT2D eigenvalue weighted by Crippen LogP contribution is -2.14. The SMILES string of the molecule is Cc1nc(C(=O)Nc2ncn[nH]2)c(-c2cccc(F)c2)s1. The highest BCUT2D eigenvalue weighted by Crippen LogP contribution is 2.30. The van der Waals surface area contributed by atoms with Crippen molar-refractivity contribution in [2.24, 2.45) is 0 Å². The van der Waals surface area contributed by atoms with Crippen LogP contribution < -0.4 is 5.32 Å². The molecule has 0 aliphatic carbocycles. The molecule has 0 fully saturated rings. The van der Waals surface area contributed by atoms with Crippen LogP contribution in [-0.4, -0.2) is 26.1 Å². The maximum absolute atomic E-state index is 13.4. The molecule has 3 aromatic rings. The summed E-state index contributed by atoms with van der Waals surface area (Å²) in [6.07, 6.45) is 1.29. The molecule has 0 spiro atoms. The Labute approximate surface area is 123 Å². The van der Waals surface area contributed by atoms with Crippen molar-refractivity contribution >= 4 is 23.2 Å². The summed E-state index contributed by atoms with van der Waals surface area (Å²) in [6, 6.07) is 6.06. The number of rotatable bonds is 3. The molecule has 106 valence electrons. The summed E-state index contributed by atoms with van der Waals surface area (Å²) >= 11 is 1.33. The van der Waals surface area contributed by atoms with Crippen LogP contribution in [0.5, 0.6) is 0 Å². The molecule has 3 rings (SSSR count). The van der Waals surface area contributed by atoms with Gasteiger partial charge in [0.15, 0.2) is 0 Å². The summed E-state index contributed by atoms with van der Waals surface area (Å²) in [7, 11) is 0. The highest BCUT2D eigenvalue weighted by Gasteiger charge is 2.19. The second-order valence-corrected chi connectivity index (χ2v) is 5.41. The van der Waals surface area contributed by atoms with Crippen molar-refractivity contribution in [2.45, 2.75) is 6.92 Å². The van der Waals surface area contributed by atoms with Crippen molar-refractivity contribution in [1.82, 2.24) is 20.2 Å². The first kappa shape index (κ1) is 13.4. The van der Waals surface area contributed by atoms with Gasteiger partial charge in [-0.05, 0) is 24.6 Å². The summed E-state index contributed by atoms with van der Waals surface area (Å²) in [6.45, 7) is 1.79. The van der Waals surface area contributed by atoms with E-state index in [0.717, 1.165) is 5.01 Å². The van der Waals surface area contributed by atoms with Crippen LogP contribution in [0, 0.1) is 12.7 Å². The predicted octanol–water partition coefficient (Wildman–Crippen LogP) is 2.63. The number of amides is 1. The average Bonchev–Trinajstić information content (AvgIpc) is 3.08. The van der Waals surface area contributed by atoms with Gasteiger partial charge < -0.3 is 0 Å². The predicted molar refractivity (Wildman–Crippen MR) is 76.6 cm³/mol. The number of aromatic amines is 1. The Morgan fingerprint density at radius 2 is 2.29 bits per heavy atom. The van der Waals surface area contributed by atoms with E-state index in [1.807, 2.05) is 0 Å². The van der Waals surface area contributed by atoms with E-state index < -0.39 is 5.91 Å². The van der Waals surface area contributed by atoms with Gasteiger partial charge in [0.05, 0.1) is 9.88 Å². The third-order valence-electron chi connectivity index (χ3n) is 2.68. The number of halogens is 1. The zero-order chi connectivity index (χ0) is 14.8. The van der Waals surface area contributed by atoms with E-state index in [1.165, 1.54) is 29.8 Å². The number of aromatic nitrogens is 4. The normalized spacial score (nSPS) is 10.6. The molecular formula is C13H10FN5OS. The maximum Gasteiger partial charge on any atom is 0.278 e. The van der Waals surface area contributed by atoms with Crippen LogP contribution in [0.3, 0.4) is 0 Å². The smallest absolute Gasteiger partial charge is 0.278 e. The molecule has 0 saturated carbocycles. The minimum Gasteiger partial charge on any atom is -0.289 e. The van der Waals surface area contributed by atoms with Crippen LogP contribution in [0.2, 0.25) is 0 Å². The Bertz CT molecular complexity index is 784. The Morgan fingerprint density at radius 3 is 3.00 bits per heavy atom. The molecular weight excluding hydrogens is 293 g/mol. The topological polar surface area (TPSA) is 83.6 Å². The van der Waals surface area contributed by atoms with Crippen LogP contribution in [-0.2, 0) is 0 Å². The van der Waals surface area contributed by atoms with E-state index in [-0.39, 0.29) is 17.5 Å². The van der Waals surface area contributed by atoms with Crippen molar-refractivity contribution in [3.8, 4) is 10.4 Å². The highest BCUT2D eigenvalue weighted by atomic mass is 32.1. The van der Waals surface area contributed by atoms with Gasteiger partial charge in [-0.15, -0.1) is 11.3 Å². The van der Waals surface area contributed by atoms with Crippen molar-refractivity contribution in [2.75, 3.05) is 5.32 Å². The molecule has 2 aromatic heterocycles. The standard InChI is InChI=1S/C13H10FN5OS/c1-7-17-10(12(20)18-13-15-6-16-19-13)11(21-7)8-3-2-4-9(14)5-8/h2-6H,1H3,(H2,15,16,18,19,20). The van der Waals surface area contributed by atoms with Crippen molar-refractivity contribution < 1.29 is 9.18 Å². The van der Waals surface area contributed by atoms with Crippen LogP contribution in [0.25, 0.3) is 10.4 Å². The number of carbonyl (C=O) groups excluding carboxylic acids is 1. The van der Waals surface area contributed by atoms with Gasteiger partial charge in [0.1, 0.15) is 17.8 Å². The number of hydrogen-bond acceptors (Lipinski definition) is 5. The number of benzene rings is 1. The Morgan fingerprint density at radius 1 is 1.43 bits per heavy atom. The van der Waals surface area contributed by atoms with Gasteiger partial charge >= 0.3 is 0 Å². The Kier molecular flexibility index (Phi) is 3.44. The first-order valence-corrected chi connectivity index (χ1v) is 6.85. The molecule has 0 bridgehead atoms. The first-order chi connectivity index (χ1) is 10.1. The fourth-order valence-corrected chi connectivity index (χ4v) is 2.75. The summed E-state index contributed by atoms with van der Waals surface area (Å²) in [4.78, 5) is 20.9. The van der Waals surface area contributed by atoms with Gasteiger partial charge in [-0.25, -0.2) is 14.5 Å². The van der Waals surface area contributed by atoms with E-state index in [2.05, 4.69) is 25.5 Å². The molecule has 0 saturated heterocycles. The summed E-state index contributed by atoms with van der Waals surface area (Å²) in [5.74, 6) is -0.550. The summed E-state index contributed by atoms with van der Waals surface area (Å²) in [5, 5.41) is 9.46. The van der Waals surface area contributed by atoms with Crippen LogP contribution in [0.4, 0.5) is 10.3 Å². The van der Waals surface area contributed by atoms with Crippen molar-refractivity contribution in [3.63, 3.8) is 0 Å². The van der Waals surface area contributed by atoms with Crippen LogP contribution >= 0.6 is 11.3 Å². The molecule has 21 heavy (non-hydrogen) atoms. The molecule has 0 radical (unpaired) electrons. The van der Waals surface area contributed by atoms with Crippen LogP contribution in [0.15, 0.2) is 30.6 Å². The molecule has 1 aromatic carbocycles. The lowest BCUT2D eigenvalue weighted by molar-refractivity contribution is 0.102. The van der Waals surface area contributed by atoms with Crippen molar-refractivity contribution in [3.05, 3.63) is 47.1 Å². The quantitative estimate of drug-likeness (QED) is 0.779. The van der Waals surface area contributed by atoms with Gasteiger partial charge in [0, 0.05) is 0 Å². The first-order valence-electron chi connectivity index (χ1n) is 6.03. The average molecular weight is 303 g/mol. The third kappa shape index (κ3) is 2.79. The van der Waals surface area contributed by atoms with Gasteiger partial charge in [-0.2, -0.15) is 10.1 Å². The second-order valence-electron chi connectivity index (χ2n) is 4.21. The molecule has 0 atom stereocenters. The van der Waals surface area contributed by atoms with Gasteiger partial charge in [0.25, 0.3) is 5.91 Å². The fraction of sp³-hybridized carbons (Fsp3) is 0.0769. The van der Waals surface area contributed by atoms with Crippen molar-refractivity contribution in [1.29, 1.82) is 0 Å². The molecule has 2 N–H and O–H groups in total. The summed E-state index contributed by atoms with van der Waals surface area (Å²) < 4.78 is 13.4. The molecule has 0 aliphatic rings. The molecule has 8 heteroatoms. The lowest BCUT2D eigenvalue weighted by Gasteiger charge is -2.02. The van der Waals surface area contributed by atoms with E-state index >= 15 is 0 Å². The minimum absolute atomic E-state index is 0.232. The number of nitrogens with zero attached hydrogens (tertiary/aromatic N) is 3. The molecule has 1 amide bonds. The van der Waals surface area contributed by atoms with Crippen LogP contribution in [0.1, 0.15) is 15.5 Å². The van der Waals surface area contributed by atoms with E-state index in [1.54, 1.807) is 19.1 Å². The Hall–Kier alpha value is -2.61. The molecule has 0 aliphatic heterocycles. The van der Waals surface area contributed by atoms with E-state index in [9.17, 15) is 9.18 Å². The van der Waals surface area contributed by atoms with Gasteiger partial charge in [-0.1, -0.05) is 12.1 Å². The monoisotopic (exact) mass is 303 g/mol. The van der Waals surface area contributed by atoms with E-state index in [4.69, 9.17) is 0 Å². The second kappa shape index (κ2) is 5.41. The summed E-state index contributed by atoms with van der Waals surface area (Å²) in [5.41, 5.74) is 0.850. The molecule has 2 heterocycles. The third-order valence-corrected chi connectivity index (χ3v) is 3.70. The zero-order valence-corrected chi connectivity index (χ0v) is 11.7. The van der Waals surface area contributed by atoms with E-state index in [0.29, 0.717) is 10.4 Å². The lowest BCUT2D eigenvalue weighted by atomic mass is 10.1. The molecule has 6 nitrogen and oxygen atoms in total. The number of hydrogen-bond donors (Lipinski definition) is 2. The fourth-order valence-electron chi connectivity index (χ4n) is 1.84. The maximum atomic E-state index is 13.4. The number of thiazole rings is 1. The number of aryl methyl sites for hydroxylation is 1. The number of nitrogens with one attached hydrogen (secondary N) is 2. The largest absolute Gasteiger partial charge is 0.289 e. The molecule has 0 unspecified atom stereocenters. The van der Waals surface area contributed by atoms with Gasteiger partial charge in [0.2, 0.25) is 5.95 Å². The van der Waals surface area contributed by atoms with Gasteiger partial charge in [-0.3, -0.25) is 10.1 Å². The highest BCUT2D eigenvalue weighted by molar-refractivity contribution is 7.15. The minimum atomic E-state index is -0.421. The Balaban J connectivity index is 1.97.